The van der Waals surface area contributed by atoms with E-state index in [4.69, 9.17) is 4.42 Å². The molecule has 9 heteroatoms. The number of rotatable bonds is 4. The highest BCUT2D eigenvalue weighted by atomic mass is 127. The van der Waals surface area contributed by atoms with Crippen molar-refractivity contribution in [1.82, 2.24) is 20.6 Å². The molecule has 1 unspecified atom stereocenters. The highest BCUT2D eigenvalue weighted by Gasteiger charge is 2.26. The van der Waals surface area contributed by atoms with Crippen LogP contribution in [0.1, 0.15) is 38.8 Å². The van der Waals surface area contributed by atoms with Gasteiger partial charge in [0.1, 0.15) is 5.76 Å². The van der Waals surface area contributed by atoms with E-state index < -0.39 is 0 Å². The van der Waals surface area contributed by atoms with E-state index >= 15 is 0 Å². The topological polar surface area (TPSA) is 78.6 Å². The maximum Gasteiger partial charge on any atom is 0.213 e. The molecule has 1 fully saturated rings. The van der Waals surface area contributed by atoms with Gasteiger partial charge in [-0.1, -0.05) is 20.8 Å². The molecule has 28 heavy (non-hydrogen) atoms. The third-order valence-corrected chi connectivity index (χ3v) is 4.49. The lowest BCUT2D eigenvalue weighted by molar-refractivity contribution is 0.379. The Morgan fingerprint density at radius 2 is 2.18 bits per heavy atom. The van der Waals surface area contributed by atoms with Crippen LogP contribution in [0.15, 0.2) is 33.9 Å². The molecule has 2 aromatic rings. The molecule has 154 valence electrons. The number of nitrogens with zero attached hydrogens (tertiary/aromatic N) is 4. The number of halogens is 2. The number of oxazole rings is 1. The molecular formula is C19H28FIN6O. The van der Waals surface area contributed by atoms with Crippen LogP contribution < -0.4 is 15.5 Å². The standard InChI is InChI=1S/C19H27FN6O.HI/c1-19(2,3)15-10-23-16(27-15)11-24-18(21-4)25-13-7-9-26(12-13)17-14(20)6-5-8-22-17;/h5-6,8,10,13H,7,9,11-12H2,1-4H3,(H2,21,24,25);1H. The van der Waals surface area contributed by atoms with Gasteiger partial charge in [-0.15, -0.1) is 24.0 Å². The van der Waals surface area contributed by atoms with Crippen LogP contribution in [-0.4, -0.2) is 42.1 Å². The Labute approximate surface area is 182 Å². The van der Waals surface area contributed by atoms with Crippen molar-refractivity contribution in [2.75, 3.05) is 25.0 Å². The van der Waals surface area contributed by atoms with Gasteiger partial charge in [-0.2, -0.15) is 0 Å². The fraction of sp³-hybridized carbons (Fsp3) is 0.526. The quantitative estimate of drug-likeness (QED) is 0.380. The van der Waals surface area contributed by atoms with Gasteiger partial charge in [-0.3, -0.25) is 4.99 Å². The van der Waals surface area contributed by atoms with E-state index in [0.717, 1.165) is 18.7 Å². The second-order valence-corrected chi connectivity index (χ2v) is 7.68. The van der Waals surface area contributed by atoms with Gasteiger partial charge in [0.05, 0.1) is 12.7 Å². The molecule has 0 spiro atoms. The van der Waals surface area contributed by atoms with Crippen molar-refractivity contribution in [3.8, 4) is 0 Å². The molecule has 3 rings (SSSR count). The third-order valence-electron chi connectivity index (χ3n) is 4.49. The van der Waals surface area contributed by atoms with Crippen LogP contribution in [-0.2, 0) is 12.0 Å². The normalized spacial score (nSPS) is 17.4. The van der Waals surface area contributed by atoms with Crippen LogP contribution in [0.4, 0.5) is 10.2 Å². The summed E-state index contributed by atoms with van der Waals surface area (Å²) in [6.07, 6.45) is 4.26. The minimum absolute atomic E-state index is 0. The lowest BCUT2D eigenvalue weighted by Crippen LogP contribution is -2.44. The summed E-state index contributed by atoms with van der Waals surface area (Å²) < 4.78 is 19.7. The van der Waals surface area contributed by atoms with Gasteiger partial charge >= 0.3 is 0 Å². The Kier molecular flexibility index (Phi) is 7.62. The summed E-state index contributed by atoms with van der Waals surface area (Å²) in [5.74, 6) is 2.25. The molecular weight excluding hydrogens is 474 g/mol. The lowest BCUT2D eigenvalue weighted by Gasteiger charge is -2.19. The van der Waals surface area contributed by atoms with Gasteiger partial charge in [-0.25, -0.2) is 14.4 Å². The first-order valence-corrected chi connectivity index (χ1v) is 9.14. The van der Waals surface area contributed by atoms with Crippen LogP contribution in [0.3, 0.4) is 0 Å². The van der Waals surface area contributed by atoms with Crippen molar-refractivity contribution in [2.45, 2.75) is 45.2 Å². The van der Waals surface area contributed by atoms with Gasteiger partial charge in [-0.05, 0) is 18.6 Å². The molecule has 0 radical (unpaired) electrons. The second kappa shape index (κ2) is 9.53. The van der Waals surface area contributed by atoms with E-state index in [9.17, 15) is 4.39 Å². The zero-order chi connectivity index (χ0) is 19.4. The summed E-state index contributed by atoms with van der Waals surface area (Å²) in [6, 6.07) is 3.20. The maximum atomic E-state index is 13.9. The molecule has 2 N–H and O–H groups in total. The van der Waals surface area contributed by atoms with Gasteiger partial charge in [0.2, 0.25) is 5.89 Å². The number of guanidine groups is 1. The number of hydrogen-bond donors (Lipinski definition) is 2. The monoisotopic (exact) mass is 502 g/mol. The summed E-state index contributed by atoms with van der Waals surface area (Å²) in [5, 5.41) is 6.59. The van der Waals surface area contributed by atoms with E-state index in [1.807, 2.05) is 4.90 Å². The molecule has 1 saturated heterocycles. The third kappa shape index (κ3) is 5.55. The largest absolute Gasteiger partial charge is 0.443 e. The van der Waals surface area contributed by atoms with Crippen LogP contribution in [0.25, 0.3) is 0 Å². The molecule has 2 aromatic heterocycles. The van der Waals surface area contributed by atoms with E-state index in [1.54, 1.807) is 25.5 Å². The minimum Gasteiger partial charge on any atom is -0.443 e. The van der Waals surface area contributed by atoms with E-state index in [2.05, 4.69) is 46.4 Å². The highest BCUT2D eigenvalue weighted by molar-refractivity contribution is 14.0. The zero-order valence-electron chi connectivity index (χ0n) is 16.7. The molecule has 1 atom stereocenters. The summed E-state index contributed by atoms with van der Waals surface area (Å²) in [6.45, 7) is 8.12. The molecule has 0 amide bonds. The maximum absolute atomic E-state index is 13.9. The Hall–Kier alpha value is -1.91. The van der Waals surface area contributed by atoms with Gasteiger partial charge in [0, 0.05) is 37.8 Å². The van der Waals surface area contributed by atoms with E-state index in [1.165, 1.54) is 6.07 Å². The molecule has 0 aliphatic carbocycles. The summed E-state index contributed by atoms with van der Waals surface area (Å²) >= 11 is 0. The smallest absolute Gasteiger partial charge is 0.213 e. The van der Waals surface area contributed by atoms with Crippen LogP contribution in [0.2, 0.25) is 0 Å². The van der Waals surface area contributed by atoms with Crippen LogP contribution in [0.5, 0.6) is 0 Å². The van der Waals surface area contributed by atoms with Gasteiger partial charge in [0.15, 0.2) is 17.6 Å². The first-order valence-electron chi connectivity index (χ1n) is 9.14. The number of nitrogens with one attached hydrogen (secondary N) is 2. The second-order valence-electron chi connectivity index (χ2n) is 7.68. The summed E-state index contributed by atoms with van der Waals surface area (Å²) in [5.41, 5.74) is -0.0702. The average Bonchev–Trinajstić information content (AvgIpc) is 3.28. The van der Waals surface area contributed by atoms with Gasteiger partial charge in [0.25, 0.3) is 0 Å². The SMILES string of the molecule is CN=C(NCc1ncc(C(C)(C)C)o1)NC1CCN(c2ncccc2F)C1.I. The van der Waals surface area contributed by atoms with Crippen molar-refractivity contribution >= 4 is 35.8 Å². The van der Waals surface area contributed by atoms with Crippen molar-refractivity contribution in [2.24, 2.45) is 4.99 Å². The van der Waals surface area contributed by atoms with Gasteiger partial charge < -0.3 is 20.0 Å². The Morgan fingerprint density at radius 3 is 2.82 bits per heavy atom. The average molecular weight is 502 g/mol. The minimum atomic E-state index is -0.292. The van der Waals surface area contributed by atoms with Crippen LogP contribution >= 0.6 is 24.0 Å². The lowest BCUT2D eigenvalue weighted by atomic mass is 9.94. The van der Waals surface area contributed by atoms with E-state index in [0.29, 0.717) is 30.8 Å². The van der Waals surface area contributed by atoms with Crippen molar-refractivity contribution in [3.05, 3.63) is 42.0 Å². The summed E-state index contributed by atoms with van der Waals surface area (Å²) in [4.78, 5) is 14.7. The number of aromatic nitrogens is 2. The Bertz CT molecular complexity index is 804. The van der Waals surface area contributed by atoms with Crippen molar-refractivity contribution in [1.29, 1.82) is 0 Å². The Morgan fingerprint density at radius 1 is 1.39 bits per heavy atom. The first-order chi connectivity index (χ1) is 12.9. The fourth-order valence-corrected chi connectivity index (χ4v) is 2.97. The number of pyridine rings is 1. The van der Waals surface area contributed by atoms with E-state index in [-0.39, 0.29) is 41.3 Å². The molecule has 1 aliphatic rings. The van der Waals surface area contributed by atoms with Crippen molar-refractivity contribution in [3.63, 3.8) is 0 Å². The number of hydrogen-bond acceptors (Lipinski definition) is 5. The molecule has 0 bridgehead atoms. The van der Waals surface area contributed by atoms with Crippen LogP contribution in [0, 0.1) is 5.82 Å². The number of aliphatic imine (C=N–C) groups is 1. The predicted octanol–water partition coefficient (Wildman–Crippen LogP) is 3.07. The summed E-state index contributed by atoms with van der Waals surface area (Å²) in [7, 11) is 1.72. The Balaban J connectivity index is 0.00000280. The van der Waals surface area contributed by atoms with Crippen molar-refractivity contribution < 1.29 is 8.81 Å². The number of anilines is 1. The predicted molar refractivity (Wildman–Crippen MR) is 119 cm³/mol. The molecule has 7 nitrogen and oxygen atoms in total. The molecule has 0 saturated carbocycles. The zero-order valence-corrected chi connectivity index (χ0v) is 19.0. The highest BCUT2D eigenvalue weighted by Crippen LogP contribution is 2.23. The fourth-order valence-electron chi connectivity index (χ4n) is 2.97. The first kappa shape index (κ1) is 22.4. The molecule has 1 aliphatic heterocycles. The molecule has 0 aromatic carbocycles. The molecule has 3 heterocycles.